The Morgan fingerprint density at radius 2 is 1.33 bits per heavy atom. The highest BCUT2D eigenvalue weighted by Gasteiger charge is 2.42. The number of para-hydroxylation sites is 2. The van der Waals surface area contributed by atoms with E-state index in [2.05, 4.69) is 4.99 Å². The molecule has 4 heterocycles. The van der Waals surface area contributed by atoms with Crippen molar-refractivity contribution in [3.63, 3.8) is 0 Å². The van der Waals surface area contributed by atoms with Crippen molar-refractivity contribution in [3.05, 3.63) is 95.1 Å². The first-order valence-corrected chi connectivity index (χ1v) is 17.4. The van der Waals surface area contributed by atoms with Crippen LogP contribution in [0.25, 0.3) is 0 Å². The van der Waals surface area contributed by atoms with E-state index in [4.69, 9.17) is 18.9 Å². The van der Waals surface area contributed by atoms with Crippen molar-refractivity contribution in [1.82, 2.24) is 0 Å². The molecule has 0 aliphatic carbocycles. The highest BCUT2D eigenvalue weighted by atomic mass is 16.5. The summed E-state index contributed by atoms with van der Waals surface area (Å²) in [6, 6.07) is 21.8. The number of aliphatic imine (C=N–C) groups is 1. The molecule has 2 atom stereocenters. The van der Waals surface area contributed by atoms with E-state index in [9.17, 15) is 19.5 Å². The number of fused-ring (bicyclic) bond motifs is 8. The van der Waals surface area contributed by atoms with Gasteiger partial charge in [0.2, 0.25) is 0 Å². The normalized spacial score (nSPS) is 18.0. The van der Waals surface area contributed by atoms with Crippen LogP contribution in [0.1, 0.15) is 51.1 Å². The van der Waals surface area contributed by atoms with Gasteiger partial charge in [0, 0.05) is 36.1 Å². The second-order valence-corrected chi connectivity index (χ2v) is 13.2. The molecule has 0 spiro atoms. The molecule has 4 aliphatic heterocycles. The summed E-state index contributed by atoms with van der Waals surface area (Å²) in [5.41, 5.74) is 5.38. The predicted octanol–water partition coefficient (Wildman–Crippen LogP) is 6.69. The fourth-order valence-corrected chi connectivity index (χ4v) is 7.65. The van der Waals surface area contributed by atoms with Gasteiger partial charge in [0.15, 0.2) is 23.0 Å². The van der Waals surface area contributed by atoms with Gasteiger partial charge in [-0.15, -0.1) is 0 Å². The van der Waals surface area contributed by atoms with Gasteiger partial charge in [-0.25, -0.2) is 4.79 Å². The molecule has 12 nitrogen and oxygen atoms in total. The molecule has 0 bridgehead atoms. The summed E-state index contributed by atoms with van der Waals surface area (Å²) in [7, 11) is 3.05. The van der Waals surface area contributed by atoms with Crippen molar-refractivity contribution in [2.75, 3.05) is 48.7 Å². The maximum Gasteiger partial charge on any atom is 0.411 e. The molecule has 0 saturated heterocycles. The zero-order chi connectivity index (χ0) is 35.9. The molecule has 0 radical (unpaired) electrons. The van der Waals surface area contributed by atoms with Crippen molar-refractivity contribution in [2.24, 2.45) is 4.99 Å². The van der Waals surface area contributed by atoms with E-state index in [-0.39, 0.29) is 41.7 Å². The van der Waals surface area contributed by atoms with Gasteiger partial charge < -0.3 is 29.0 Å². The molecule has 8 rings (SSSR count). The van der Waals surface area contributed by atoms with Crippen molar-refractivity contribution in [1.29, 1.82) is 0 Å². The van der Waals surface area contributed by atoms with Crippen molar-refractivity contribution >= 4 is 46.9 Å². The topological polar surface area (TPSA) is 130 Å². The summed E-state index contributed by atoms with van der Waals surface area (Å²) in [4.78, 5) is 49.4. The number of hydrogen-bond acceptors (Lipinski definition) is 8. The molecular formula is C40H38N4O8. The fraction of sp³-hybridized carbons (Fsp3) is 0.300. The lowest BCUT2D eigenvalue weighted by Crippen LogP contribution is -2.43. The second-order valence-electron chi connectivity index (χ2n) is 13.2. The Morgan fingerprint density at radius 3 is 2.00 bits per heavy atom. The number of anilines is 3. The molecule has 4 aliphatic rings. The van der Waals surface area contributed by atoms with Crippen LogP contribution >= 0.6 is 0 Å². The number of carbonyl (C=O) groups is 3. The van der Waals surface area contributed by atoms with E-state index < -0.39 is 6.09 Å². The number of carbonyl (C=O) groups excluding carboxylic acids is 2. The van der Waals surface area contributed by atoms with Gasteiger partial charge in [-0.05, 0) is 61.1 Å². The van der Waals surface area contributed by atoms with Crippen molar-refractivity contribution in [2.45, 2.75) is 44.2 Å². The van der Waals surface area contributed by atoms with Gasteiger partial charge in [-0.3, -0.25) is 24.4 Å². The lowest BCUT2D eigenvalue weighted by atomic mass is 10.1. The highest BCUT2D eigenvalue weighted by Crippen LogP contribution is 2.43. The van der Waals surface area contributed by atoms with Gasteiger partial charge in [0.1, 0.15) is 0 Å². The summed E-state index contributed by atoms with van der Waals surface area (Å²) in [5, 5.41) is 10.2. The van der Waals surface area contributed by atoms with E-state index >= 15 is 0 Å². The fourth-order valence-electron chi connectivity index (χ4n) is 7.65. The number of nitrogens with zero attached hydrogens (tertiary/aromatic N) is 4. The maximum absolute atomic E-state index is 13.9. The summed E-state index contributed by atoms with van der Waals surface area (Å²) >= 11 is 0. The number of carboxylic acid groups (broad SMARTS) is 1. The quantitative estimate of drug-likeness (QED) is 0.181. The minimum atomic E-state index is -1.14. The van der Waals surface area contributed by atoms with Crippen LogP contribution in [0.4, 0.5) is 27.5 Å². The van der Waals surface area contributed by atoms with Crippen molar-refractivity contribution < 1.29 is 38.4 Å². The molecule has 0 aromatic heterocycles. The summed E-state index contributed by atoms with van der Waals surface area (Å²) in [6.45, 7) is 0.894. The molecule has 4 aromatic carbocycles. The molecular weight excluding hydrogens is 664 g/mol. The van der Waals surface area contributed by atoms with Crippen LogP contribution in [0, 0.1) is 0 Å². The second kappa shape index (κ2) is 13.6. The summed E-state index contributed by atoms with van der Waals surface area (Å²) in [6.07, 6.45) is 4.18. The Morgan fingerprint density at radius 1 is 0.731 bits per heavy atom. The van der Waals surface area contributed by atoms with Gasteiger partial charge in [0.05, 0.1) is 68.6 Å². The Labute approximate surface area is 300 Å². The zero-order valence-electron chi connectivity index (χ0n) is 28.9. The van der Waals surface area contributed by atoms with E-state index in [1.54, 1.807) is 41.2 Å². The van der Waals surface area contributed by atoms with Gasteiger partial charge >= 0.3 is 6.09 Å². The lowest BCUT2D eigenvalue weighted by molar-refractivity contribution is 0.0976. The van der Waals surface area contributed by atoms with Crippen LogP contribution in [0.3, 0.4) is 0 Å². The van der Waals surface area contributed by atoms with Crippen LogP contribution in [0.5, 0.6) is 23.0 Å². The van der Waals surface area contributed by atoms with Gasteiger partial charge in [-0.2, -0.15) is 0 Å². The molecule has 52 heavy (non-hydrogen) atoms. The largest absolute Gasteiger partial charge is 0.493 e. The van der Waals surface area contributed by atoms with E-state index in [1.165, 1.54) is 12.0 Å². The molecule has 0 saturated carbocycles. The predicted molar refractivity (Wildman–Crippen MR) is 196 cm³/mol. The molecule has 12 heteroatoms. The van der Waals surface area contributed by atoms with Crippen LogP contribution in [-0.4, -0.2) is 75.3 Å². The number of methoxy groups -OCH3 is 2. The number of rotatable bonds is 10. The average Bonchev–Trinajstić information content (AvgIpc) is 3.65. The van der Waals surface area contributed by atoms with Gasteiger partial charge in [-0.1, -0.05) is 36.4 Å². The first-order valence-electron chi connectivity index (χ1n) is 17.4. The summed E-state index contributed by atoms with van der Waals surface area (Å²) in [5.74, 6) is 1.31. The minimum absolute atomic E-state index is 0.119. The summed E-state index contributed by atoms with van der Waals surface area (Å²) < 4.78 is 23.4. The maximum atomic E-state index is 13.9. The molecule has 1 N–H and O–H groups in total. The minimum Gasteiger partial charge on any atom is -0.493 e. The zero-order valence-corrected chi connectivity index (χ0v) is 28.9. The monoisotopic (exact) mass is 702 g/mol. The number of ether oxygens (including phenoxy) is 4. The van der Waals surface area contributed by atoms with Crippen LogP contribution < -0.4 is 33.6 Å². The molecule has 0 unspecified atom stereocenters. The first-order chi connectivity index (χ1) is 25.4. The Hall–Kier alpha value is -6.04. The van der Waals surface area contributed by atoms with Crippen LogP contribution in [-0.2, 0) is 12.8 Å². The molecule has 3 amide bonds. The Bertz CT molecular complexity index is 2120. The number of amides is 3. The molecule has 266 valence electrons. The van der Waals surface area contributed by atoms with E-state index in [0.29, 0.717) is 60.3 Å². The standard InChI is InChI=1S/C40H38N4O8/c1-49-34-18-28-30(41-22-26-16-24-10-4-6-12-31(24)43(26)38(28)45)20-36(34)51-14-8-3-9-15-52-37-21-33-29(19-35(37)50-2)39(46)44-27(23-42(33)40(47)48)17-25-11-5-7-13-32(25)44/h4-7,10-13,18-22,26-27H,3,8-9,14-17,23H2,1-2H3,(H,47,48)/t26-,27-/m0/s1. The third kappa shape index (κ3) is 5.73. The van der Waals surface area contributed by atoms with E-state index in [1.807, 2.05) is 54.7 Å². The smallest absolute Gasteiger partial charge is 0.411 e. The van der Waals surface area contributed by atoms with Crippen molar-refractivity contribution in [3.8, 4) is 23.0 Å². The number of unbranched alkanes of at least 4 members (excludes halogenated alkanes) is 2. The average molecular weight is 703 g/mol. The number of benzene rings is 4. The number of hydrogen-bond donors (Lipinski definition) is 1. The van der Waals surface area contributed by atoms with Gasteiger partial charge in [0.25, 0.3) is 11.8 Å². The lowest BCUT2D eigenvalue weighted by Gasteiger charge is -2.24. The van der Waals surface area contributed by atoms with Crippen LogP contribution in [0.15, 0.2) is 77.8 Å². The molecule has 4 aromatic rings. The van der Waals surface area contributed by atoms with Crippen LogP contribution in [0.2, 0.25) is 0 Å². The highest BCUT2D eigenvalue weighted by molar-refractivity contribution is 6.15. The Balaban J connectivity index is 0.898. The third-order valence-corrected chi connectivity index (χ3v) is 10.2. The van der Waals surface area contributed by atoms with E-state index in [0.717, 1.165) is 41.8 Å². The first kappa shape index (κ1) is 33.1. The SMILES string of the molecule is COc1cc2c(cc1OCCCCCOc1cc3c(cc1OC)C(=O)N1c4ccccc4C[C@H]1CN3C(=O)O)N=C[C@@H]1Cc3ccccc3N1C2=O. The molecule has 0 fully saturated rings. The Kier molecular flexibility index (Phi) is 8.66. The third-order valence-electron chi connectivity index (χ3n) is 10.2.